The van der Waals surface area contributed by atoms with Gasteiger partial charge in [0.15, 0.2) is 0 Å². The average Bonchev–Trinajstić information content (AvgIpc) is 3.14. The average molecular weight is 313 g/mol. The summed E-state index contributed by atoms with van der Waals surface area (Å²) in [5, 5.41) is 3.59. The van der Waals surface area contributed by atoms with E-state index in [2.05, 4.69) is 10.3 Å². The van der Waals surface area contributed by atoms with Crippen molar-refractivity contribution < 1.29 is 9.18 Å². The van der Waals surface area contributed by atoms with Gasteiger partial charge in [-0.15, -0.1) is 0 Å². The number of nitrogens with one attached hydrogen (secondary N) is 2. The van der Waals surface area contributed by atoms with Crippen LogP contribution in [0.4, 0.5) is 4.39 Å². The van der Waals surface area contributed by atoms with Crippen molar-refractivity contribution in [1.82, 2.24) is 15.2 Å². The smallest absolute Gasteiger partial charge is 0.256 e. The summed E-state index contributed by atoms with van der Waals surface area (Å²) < 4.78 is 13.1. The molecule has 2 unspecified atom stereocenters. The van der Waals surface area contributed by atoms with Crippen LogP contribution >= 0.6 is 0 Å². The van der Waals surface area contributed by atoms with Crippen molar-refractivity contribution in [2.24, 2.45) is 0 Å². The Kier molecular flexibility index (Phi) is 3.65. The number of halogens is 1. The van der Waals surface area contributed by atoms with Crippen LogP contribution in [0.1, 0.15) is 29.6 Å². The molecule has 0 spiro atoms. The Labute approximate surface area is 134 Å². The molecule has 2 N–H and O–H groups in total. The van der Waals surface area contributed by atoms with Gasteiger partial charge in [-0.05, 0) is 37.0 Å². The van der Waals surface area contributed by atoms with Gasteiger partial charge in [-0.1, -0.05) is 12.1 Å². The van der Waals surface area contributed by atoms with Gasteiger partial charge in [-0.2, -0.15) is 0 Å². The zero-order chi connectivity index (χ0) is 15.8. The van der Waals surface area contributed by atoms with E-state index in [1.54, 1.807) is 18.3 Å². The highest BCUT2D eigenvalue weighted by molar-refractivity contribution is 6.00. The molecular weight excluding hydrogens is 293 g/mol. The Hall–Kier alpha value is -2.14. The third kappa shape index (κ3) is 2.77. The van der Waals surface area contributed by atoms with E-state index in [0.29, 0.717) is 17.6 Å². The maximum atomic E-state index is 13.1. The molecule has 2 atom stereocenters. The van der Waals surface area contributed by atoms with E-state index in [1.807, 2.05) is 11.1 Å². The van der Waals surface area contributed by atoms with Gasteiger partial charge in [0, 0.05) is 43.1 Å². The predicted molar refractivity (Wildman–Crippen MR) is 86.7 cm³/mol. The molecule has 4 nitrogen and oxygen atoms in total. The summed E-state index contributed by atoms with van der Waals surface area (Å²) >= 11 is 0. The van der Waals surface area contributed by atoms with Crippen molar-refractivity contribution in [1.29, 1.82) is 0 Å². The fourth-order valence-corrected chi connectivity index (χ4v) is 3.71. The van der Waals surface area contributed by atoms with E-state index in [-0.39, 0.29) is 11.7 Å². The first kappa shape index (κ1) is 14.5. The number of rotatable bonds is 2. The third-order valence-electron chi connectivity index (χ3n) is 4.94. The lowest BCUT2D eigenvalue weighted by atomic mass is 10.0. The second-order valence-electron chi connectivity index (χ2n) is 6.47. The number of carbonyl (C=O) groups excluding carboxylic acids is 1. The highest BCUT2D eigenvalue weighted by Gasteiger charge is 2.32. The van der Waals surface area contributed by atoms with Gasteiger partial charge in [-0.25, -0.2) is 4.39 Å². The number of benzene rings is 1. The number of likely N-dealkylation sites (tertiary alicyclic amines) is 1. The number of hydrogen-bond acceptors (Lipinski definition) is 2. The Morgan fingerprint density at radius 3 is 2.70 bits per heavy atom. The minimum absolute atomic E-state index is 0.0555. The maximum Gasteiger partial charge on any atom is 0.256 e. The maximum absolute atomic E-state index is 13.1. The highest BCUT2D eigenvalue weighted by Crippen LogP contribution is 2.27. The van der Waals surface area contributed by atoms with Crippen molar-refractivity contribution in [2.45, 2.75) is 31.3 Å². The lowest BCUT2D eigenvalue weighted by molar-refractivity contribution is 0.0749. The molecule has 3 heterocycles. The summed E-state index contributed by atoms with van der Waals surface area (Å²) in [4.78, 5) is 17.9. The number of carbonyl (C=O) groups is 1. The Morgan fingerprint density at radius 1 is 1.09 bits per heavy atom. The lowest BCUT2D eigenvalue weighted by Crippen LogP contribution is -2.39. The third-order valence-corrected chi connectivity index (χ3v) is 4.94. The zero-order valence-corrected chi connectivity index (χ0v) is 12.9. The van der Waals surface area contributed by atoms with Gasteiger partial charge in [0.25, 0.3) is 5.91 Å². The fourth-order valence-electron chi connectivity index (χ4n) is 3.71. The quantitative estimate of drug-likeness (QED) is 0.895. The molecule has 1 aromatic heterocycles. The molecule has 0 saturated carbocycles. The van der Waals surface area contributed by atoms with E-state index in [9.17, 15) is 9.18 Å². The Morgan fingerprint density at radius 2 is 1.87 bits per heavy atom. The van der Waals surface area contributed by atoms with E-state index in [0.717, 1.165) is 37.1 Å². The zero-order valence-electron chi connectivity index (χ0n) is 12.9. The molecule has 5 heteroatoms. The molecule has 2 bridgehead atoms. The lowest BCUT2D eigenvalue weighted by Gasteiger charge is -2.24. The van der Waals surface area contributed by atoms with Crippen LogP contribution in [0.2, 0.25) is 0 Å². The molecule has 4 rings (SSSR count). The van der Waals surface area contributed by atoms with Crippen LogP contribution in [0.3, 0.4) is 0 Å². The molecular formula is C18H20FN3O. The van der Waals surface area contributed by atoms with Crippen LogP contribution < -0.4 is 5.32 Å². The number of aromatic nitrogens is 1. The molecule has 2 saturated heterocycles. The number of aromatic amines is 1. The van der Waals surface area contributed by atoms with Gasteiger partial charge in [0.05, 0.1) is 5.56 Å². The number of nitrogens with zero attached hydrogens (tertiary/aromatic N) is 1. The Bertz CT molecular complexity index is 709. The molecule has 0 radical (unpaired) electrons. The molecule has 120 valence electrons. The van der Waals surface area contributed by atoms with E-state index in [1.165, 1.54) is 18.6 Å². The molecule has 23 heavy (non-hydrogen) atoms. The second-order valence-corrected chi connectivity index (χ2v) is 6.47. The molecule has 2 aliphatic heterocycles. The summed E-state index contributed by atoms with van der Waals surface area (Å²) in [6.07, 6.45) is 6.93. The van der Waals surface area contributed by atoms with Crippen LogP contribution in [-0.2, 0) is 0 Å². The van der Waals surface area contributed by atoms with Crippen molar-refractivity contribution in [3.05, 3.63) is 48.0 Å². The molecule has 1 aromatic carbocycles. The fraction of sp³-hybridized carbons (Fsp3) is 0.389. The van der Waals surface area contributed by atoms with Crippen molar-refractivity contribution >= 4 is 5.91 Å². The van der Waals surface area contributed by atoms with E-state index in [4.69, 9.17) is 0 Å². The minimum atomic E-state index is -0.272. The van der Waals surface area contributed by atoms with Crippen LogP contribution in [0.15, 0.2) is 36.7 Å². The van der Waals surface area contributed by atoms with Gasteiger partial charge in [0.1, 0.15) is 5.82 Å². The van der Waals surface area contributed by atoms with Crippen LogP contribution in [-0.4, -0.2) is 41.0 Å². The molecule has 1 amide bonds. The molecule has 2 aromatic rings. The summed E-state index contributed by atoms with van der Waals surface area (Å²) in [6, 6.07) is 7.24. The minimum Gasteiger partial charge on any atom is -0.366 e. The van der Waals surface area contributed by atoms with Gasteiger partial charge in [0.2, 0.25) is 0 Å². The van der Waals surface area contributed by atoms with Crippen molar-refractivity contribution in [2.75, 3.05) is 13.1 Å². The first-order valence-electron chi connectivity index (χ1n) is 8.19. The number of hydrogen-bond donors (Lipinski definition) is 2. The highest BCUT2D eigenvalue weighted by atomic mass is 19.1. The van der Waals surface area contributed by atoms with Gasteiger partial charge >= 0.3 is 0 Å². The second kappa shape index (κ2) is 5.81. The first-order chi connectivity index (χ1) is 11.2. The van der Waals surface area contributed by atoms with Crippen molar-refractivity contribution in [3.8, 4) is 11.1 Å². The summed E-state index contributed by atoms with van der Waals surface area (Å²) in [7, 11) is 0. The standard InChI is InChI=1S/C18H20FN3O/c19-13-3-1-12(2-4-13)16-9-20-10-17(16)18(23)22-8-7-14-5-6-15(11-22)21-14/h1-4,9-10,14-15,20-21H,5-8,11H2. The monoisotopic (exact) mass is 313 g/mol. The Balaban J connectivity index is 1.59. The van der Waals surface area contributed by atoms with Crippen LogP contribution in [0.25, 0.3) is 11.1 Å². The normalized spacial score (nSPS) is 23.8. The largest absolute Gasteiger partial charge is 0.366 e. The van der Waals surface area contributed by atoms with Crippen LogP contribution in [0, 0.1) is 5.82 Å². The topological polar surface area (TPSA) is 48.1 Å². The molecule has 2 aliphatic rings. The number of amides is 1. The first-order valence-corrected chi connectivity index (χ1v) is 8.19. The predicted octanol–water partition coefficient (Wildman–Crippen LogP) is 2.79. The summed E-state index contributed by atoms with van der Waals surface area (Å²) in [6.45, 7) is 1.56. The summed E-state index contributed by atoms with van der Waals surface area (Å²) in [5.74, 6) is -0.216. The molecule has 2 fully saturated rings. The van der Waals surface area contributed by atoms with Crippen molar-refractivity contribution in [3.63, 3.8) is 0 Å². The SMILES string of the molecule is O=C(c1c[nH]cc1-c1ccc(F)cc1)N1CCC2CCC(C1)N2. The van der Waals surface area contributed by atoms with E-state index < -0.39 is 0 Å². The van der Waals surface area contributed by atoms with Crippen LogP contribution in [0.5, 0.6) is 0 Å². The van der Waals surface area contributed by atoms with Gasteiger partial charge < -0.3 is 15.2 Å². The number of H-pyrrole nitrogens is 1. The van der Waals surface area contributed by atoms with E-state index >= 15 is 0 Å². The number of fused-ring (bicyclic) bond motifs is 2. The van der Waals surface area contributed by atoms with Gasteiger partial charge in [-0.3, -0.25) is 4.79 Å². The summed E-state index contributed by atoms with van der Waals surface area (Å²) in [5.41, 5.74) is 2.34. The molecule has 0 aliphatic carbocycles.